The van der Waals surface area contributed by atoms with Crippen LogP contribution < -0.4 is 5.32 Å². The van der Waals surface area contributed by atoms with Crippen LogP contribution >= 0.6 is 0 Å². The Morgan fingerprint density at radius 1 is 1.10 bits per heavy atom. The Balaban J connectivity index is 1.51. The standard InChI is InChI=1S/C19H29NO/c1-2-14-7-9-15(10-8-14)11-19(21)18-12-16-5-3-4-6-17(16)13-20-18/h3-6,14-15,18-21H,2,7-13H2,1H3/t14?,15?,18-,19+/m0/s1. The molecule has 0 bridgehead atoms. The first-order chi connectivity index (χ1) is 10.3. The number of aliphatic hydroxyl groups is 1. The van der Waals surface area contributed by atoms with Crippen molar-refractivity contribution in [2.45, 2.75) is 70.6 Å². The number of fused-ring (bicyclic) bond motifs is 1. The molecule has 0 radical (unpaired) electrons. The van der Waals surface area contributed by atoms with Crippen LogP contribution in [0, 0.1) is 11.8 Å². The summed E-state index contributed by atoms with van der Waals surface area (Å²) in [5.74, 6) is 1.68. The van der Waals surface area contributed by atoms with Gasteiger partial charge in [-0.2, -0.15) is 0 Å². The molecule has 1 aromatic rings. The fourth-order valence-electron chi connectivity index (χ4n) is 4.13. The van der Waals surface area contributed by atoms with Crippen molar-refractivity contribution in [1.82, 2.24) is 5.32 Å². The molecule has 2 heteroatoms. The first-order valence-corrected chi connectivity index (χ1v) is 8.74. The van der Waals surface area contributed by atoms with E-state index in [2.05, 4.69) is 36.5 Å². The second-order valence-electron chi connectivity index (χ2n) is 7.06. The van der Waals surface area contributed by atoms with Gasteiger partial charge in [0.2, 0.25) is 0 Å². The van der Waals surface area contributed by atoms with Crippen molar-refractivity contribution in [3.05, 3.63) is 35.4 Å². The smallest absolute Gasteiger partial charge is 0.0699 e. The average Bonchev–Trinajstić information content (AvgIpc) is 2.55. The molecule has 2 aliphatic rings. The Labute approximate surface area is 129 Å². The zero-order valence-corrected chi connectivity index (χ0v) is 13.2. The Bertz CT molecular complexity index is 451. The normalized spacial score (nSPS) is 30.7. The highest BCUT2D eigenvalue weighted by Gasteiger charge is 2.28. The van der Waals surface area contributed by atoms with Crippen LogP contribution in [0.2, 0.25) is 0 Å². The fourth-order valence-corrected chi connectivity index (χ4v) is 4.13. The van der Waals surface area contributed by atoms with Gasteiger partial charge >= 0.3 is 0 Å². The van der Waals surface area contributed by atoms with E-state index in [4.69, 9.17) is 0 Å². The third kappa shape index (κ3) is 3.67. The van der Waals surface area contributed by atoms with Crippen LogP contribution in [0.3, 0.4) is 0 Å². The molecule has 1 fully saturated rings. The molecule has 0 aromatic heterocycles. The van der Waals surface area contributed by atoms with E-state index in [0.717, 1.165) is 31.2 Å². The van der Waals surface area contributed by atoms with Crippen molar-refractivity contribution in [3.63, 3.8) is 0 Å². The topological polar surface area (TPSA) is 32.3 Å². The van der Waals surface area contributed by atoms with Gasteiger partial charge in [-0.3, -0.25) is 0 Å². The van der Waals surface area contributed by atoms with E-state index >= 15 is 0 Å². The minimum Gasteiger partial charge on any atom is -0.391 e. The molecular weight excluding hydrogens is 258 g/mol. The molecule has 1 heterocycles. The molecule has 0 unspecified atom stereocenters. The molecule has 116 valence electrons. The summed E-state index contributed by atoms with van der Waals surface area (Å²) in [6, 6.07) is 8.85. The molecule has 1 aliphatic carbocycles. The molecule has 0 saturated heterocycles. The molecule has 2 N–H and O–H groups in total. The third-order valence-electron chi connectivity index (χ3n) is 5.70. The van der Waals surface area contributed by atoms with Crippen molar-refractivity contribution in [3.8, 4) is 0 Å². The van der Waals surface area contributed by atoms with E-state index in [-0.39, 0.29) is 12.1 Å². The summed E-state index contributed by atoms with van der Waals surface area (Å²) in [5, 5.41) is 14.1. The van der Waals surface area contributed by atoms with Gasteiger partial charge < -0.3 is 10.4 Å². The number of hydrogen-bond donors (Lipinski definition) is 2. The predicted molar refractivity (Wildman–Crippen MR) is 87.1 cm³/mol. The summed E-state index contributed by atoms with van der Waals surface area (Å²) in [6.45, 7) is 3.21. The van der Waals surface area contributed by atoms with Crippen LogP contribution in [0.1, 0.15) is 56.6 Å². The van der Waals surface area contributed by atoms with Gasteiger partial charge in [-0.1, -0.05) is 63.3 Å². The number of benzene rings is 1. The average molecular weight is 287 g/mol. The van der Waals surface area contributed by atoms with E-state index in [1.807, 2.05) is 0 Å². The summed E-state index contributed by atoms with van der Waals surface area (Å²) < 4.78 is 0. The summed E-state index contributed by atoms with van der Waals surface area (Å²) >= 11 is 0. The number of nitrogens with one attached hydrogen (secondary N) is 1. The van der Waals surface area contributed by atoms with Crippen molar-refractivity contribution >= 4 is 0 Å². The van der Waals surface area contributed by atoms with Crippen LogP contribution in [-0.4, -0.2) is 17.3 Å². The second kappa shape index (κ2) is 6.93. The number of aliphatic hydroxyl groups excluding tert-OH is 1. The predicted octanol–water partition coefficient (Wildman–Crippen LogP) is 3.67. The highest BCUT2D eigenvalue weighted by molar-refractivity contribution is 5.30. The highest BCUT2D eigenvalue weighted by atomic mass is 16.3. The lowest BCUT2D eigenvalue weighted by Crippen LogP contribution is -2.45. The molecule has 21 heavy (non-hydrogen) atoms. The van der Waals surface area contributed by atoms with Crippen LogP contribution in [0.4, 0.5) is 0 Å². The highest BCUT2D eigenvalue weighted by Crippen LogP contribution is 2.34. The quantitative estimate of drug-likeness (QED) is 0.885. The summed E-state index contributed by atoms with van der Waals surface area (Å²) in [4.78, 5) is 0. The van der Waals surface area contributed by atoms with Gasteiger partial charge in [-0.25, -0.2) is 0 Å². The van der Waals surface area contributed by atoms with Crippen molar-refractivity contribution in [1.29, 1.82) is 0 Å². The van der Waals surface area contributed by atoms with Gasteiger partial charge in [0, 0.05) is 12.6 Å². The van der Waals surface area contributed by atoms with Gasteiger partial charge in [0.1, 0.15) is 0 Å². The number of hydrogen-bond acceptors (Lipinski definition) is 2. The molecule has 1 aromatic carbocycles. The third-order valence-corrected chi connectivity index (χ3v) is 5.70. The lowest BCUT2D eigenvalue weighted by Gasteiger charge is -2.34. The fraction of sp³-hybridized carbons (Fsp3) is 0.684. The molecule has 2 atom stereocenters. The van der Waals surface area contributed by atoms with E-state index in [1.54, 1.807) is 0 Å². The number of rotatable bonds is 4. The van der Waals surface area contributed by atoms with Crippen LogP contribution in [-0.2, 0) is 13.0 Å². The summed E-state index contributed by atoms with van der Waals surface area (Å²) in [5.41, 5.74) is 2.80. The largest absolute Gasteiger partial charge is 0.391 e. The lowest BCUT2D eigenvalue weighted by atomic mass is 9.77. The van der Waals surface area contributed by atoms with Gasteiger partial charge in [-0.15, -0.1) is 0 Å². The molecule has 1 aliphatic heterocycles. The second-order valence-corrected chi connectivity index (χ2v) is 7.06. The van der Waals surface area contributed by atoms with Crippen LogP contribution in [0.15, 0.2) is 24.3 Å². The maximum atomic E-state index is 10.6. The van der Waals surface area contributed by atoms with E-state index in [0.29, 0.717) is 0 Å². The summed E-state index contributed by atoms with van der Waals surface area (Å²) in [7, 11) is 0. The minimum absolute atomic E-state index is 0.193. The maximum absolute atomic E-state index is 10.6. The molecule has 2 nitrogen and oxygen atoms in total. The van der Waals surface area contributed by atoms with Crippen molar-refractivity contribution in [2.75, 3.05) is 0 Å². The molecule has 1 saturated carbocycles. The lowest BCUT2D eigenvalue weighted by molar-refractivity contribution is 0.0831. The molecule has 0 amide bonds. The Morgan fingerprint density at radius 2 is 1.76 bits per heavy atom. The van der Waals surface area contributed by atoms with E-state index < -0.39 is 0 Å². The monoisotopic (exact) mass is 287 g/mol. The molecule has 3 rings (SSSR count). The van der Waals surface area contributed by atoms with Crippen molar-refractivity contribution in [2.24, 2.45) is 11.8 Å². The Morgan fingerprint density at radius 3 is 2.48 bits per heavy atom. The van der Waals surface area contributed by atoms with Crippen LogP contribution in [0.25, 0.3) is 0 Å². The zero-order valence-electron chi connectivity index (χ0n) is 13.2. The zero-order chi connectivity index (χ0) is 14.7. The van der Waals surface area contributed by atoms with E-state index in [1.165, 1.54) is 43.2 Å². The van der Waals surface area contributed by atoms with Crippen molar-refractivity contribution < 1.29 is 5.11 Å². The molecular formula is C19H29NO. The first-order valence-electron chi connectivity index (χ1n) is 8.74. The summed E-state index contributed by atoms with van der Waals surface area (Å²) in [6.07, 6.45) is 8.47. The Hall–Kier alpha value is -0.860. The first kappa shape index (κ1) is 15.1. The van der Waals surface area contributed by atoms with Gasteiger partial charge in [0.05, 0.1) is 6.10 Å². The van der Waals surface area contributed by atoms with Gasteiger partial charge in [-0.05, 0) is 35.8 Å². The minimum atomic E-state index is -0.193. The Kier molecular flexibility index (Phi) is 4.97. The maximum Gasteiger partial charge on any atom is 0.0699 e. The van der Waals surface area contributed by atoms with E-state index in [9.17, 15) is 5.11 Å². The van der Waals surface area contributed by atoms with Crippen LogP contribution in [0.5, 0.6) is 0 Å². The van der Waals surface area contributed by atoms with Gasteiger partial charge in [0.15, 0.2) is 0 Å². The molecule has 0 spiro atoms. The van der Waals surface area contributed by atoms with Gasteiger partial charge in [0.25, 0.3) is 0 Å². The SMILES string of the molecule is CCC1CCC(C[C@@H](O)[C@@H]2Cc3ccccc3CN2)CC1.